The molecule has 3 aromatic rings. The first-order valence-corrected chi connectivity index (χ1v) is 8.45. The van der Waals surface area contributed by atoms with Gasteiger partial charge in [-0.05, 0) is 28.3 Å². The summed E-state index contributed by atoms with van der Waals surface area (Å²) in [7, 11) is 2.78. The van der Waals surface area contributed by atoms with Crippen LogP contribution in [-0.2, 0) is 4.74 Å². The Balaban J connectivity index is 1.91. The topological polar surface area (TPSA) is 55.8 Å². The first-order valence-electron chi connectivity index (χ1n) is 8.45. The van der Waals surface area contributed by atoms with Gasteiger partial charge in [-0.3, -0.25) is 0 Å². The molecule has 3 aromatic carbocycles. The number of carbonyl (C=O) groups is 1. The largest absolute Gasteiger partial charge is 0.507 e. The van der Waals surface area contributed by atoms with Crippen molar-refractivity contribution in [2.24, 2.45) is 0 Å². The van der Waals surface area contributed by atoms with Crippen molar-refractivity contribution in [3.05, 3.63) is 83.4 Å². The SMILES string of the molecule is COC(=O)c1c(O)cc(OC)cc1/C=C/c1ccc(-c2ccccc2)cc1. The molecule has 0 aliphatic rings. The van der Waals surface area contributed by atoms with Gasteiger partial charge < -0.3 is 14.6 Å². The second-order valence-electron chi connectivity index (χ2n) is 5.92. The zero-order valence-corrected chi connectivity index (χ0v) is 15.2. The van der Waals surface area contributed by atoms with Gasteiger partial charge in [-0.15, -0.1) is 0 Å². The Morgan fingerprint density at radius 2 is 1.56 bits per heavy atom. The molecule has 0 atom stereocenters. The van der Waals surface area contributed by atoms with Gasteiger partial charge in [0.25, 0.3) is 0 Å². The lowest BCUT2D eigenvalue weighted by atomic mass is 10.0. The van der Waals surface area contributed by atoms with E-state index in [1.165, 1.54) is 20.3 Å². The molecule has 4 heteroatoms. The maximum Gasteiger partial charge on any atom is 0.342 e. The Morgan fingerprint density at radius 3 is 2.19 bits per heavy atom. The molecule has 0 aliphatic heterocycles. The van der Waals surface area contributed by atoms with Crippen molar-refractivity contribution in [1.29, 1.82) is 0 Å². The Morgan fingerprint density at radius 1 is 0.889 bits per heavy atom. The summed E-state index contributed by atoms with van der Waals surface area (Å²) in [4.78, 5) is 12.0. The molecule has 1 N–H and O–H groups in total. The van der Waals surface area contributed by atoms with Gasteiger partial charge in [0.2, 0.25) is 0 Å². The summed E-state index contributed by atoms with van der Waals surface area (Å²) >= 11 is 0. The minimum Gasteiger partial charge on any atom is -0.507 e. The number of carbonyl (C=O) groups excluding carboxylic acids is 1. The first kappa shape index (κ1) is 18.3. The van der Waals surface area contributed by atoms with Gasteiger partial charge in [-0.25, -0.2) is 4.79 Å². The second-order valence-corrected chi connectivity index (χ2v) is 5.92. The third-order valence-electron chi connectivity index (χ3n) is 4.22. The number of hydrogen-bond donors (Lipinski definition) is 1. The molecule has 0 amide bonds. The van der Waals surface area contributed by atoms with Crippen molar-refractivity contribution < 1.29 is 19.4 Å². The first-order chi connectivity index (χ1) is 13.1. The van der Waals surface area contributed by atoms with Gasteiger partial charge in [0, 0.05) is 6.07 Å². The van der Waals surface area contributed by atoms with Crippen LogP contribution in [0, 0.1) is 0 Å². The van der Waals surface area contributed by atoms with E-state index >= 15 is 0 Å². The zero-order chi connectivity index (χ0) is 19.2. The summed E-state index contributed by atoms with van der Waals surface area (Å²) in [5, 5.41) is 10.1. The lowest BCUT2D eigenvalue weighted by molar-refractivity contribution is 0.0597. The summed E-state index contributed by atoms with van der Waals surface area (Å²) in [5.74, 6) is -0.325. The van der Waals surface area contributed by atoms with Crippen molar-refractivity contribution in [2.75, 3.05) is 14.2 Å². The van der Waals surface area contributed by atoms with Gasteiger partial charge in [0.15, 0.2) is 0 Å². The van der Waals surface area contributed by atoms with E-state index in [4.69, 9.17) is 9.47 Å². The quantitative estimate of drug-likeness (QED) is 0.512. The molecule has 0 aliphatic carbocycles. The molecule has 0 unspecified atom stereocenters. The van der Waals surface area contributed by atoms with Gasteiger partial charge in [0.1, 0.15) is 17.1 Å². The molecule has 0 radical (unpaired) electrons. The van der Waals surface area contributed by atoms with Gasteiger partial charge in [0.05, 0.1) is 14.2 Å². The summed E-state index contributed by atoms with van der Waals surface area (Å²) < 4.78 is 9.95. The summed E-state index contributed by atoms with van der Waals surface area (Å²) in [6.45, 7) is 0. The van der Waals surface area contributed by atoms with E-state index in [1.54, 1.807) is 12.1 Å². The number of ether oxygens (including phenoxy) is 2. The number of hydrogen-bond acceptors (Lipinski definition) is 4. The van der Waals surface area contributed by atoms with Crippen LogP contribution >= 0.6 is 0 Å². The summed E-state index contributed by atoms with van der Waals surface area (Å²) in [6, 6.07) is 21.3. The number of phenols is 1. The van der Waals surface area contributed by atoms with Crippen LogP contribution in [0.4, 0.5) is 0 Å². The molecule has 0 bridgehead atoms. The van der Waals surface area contributed by atoms with E-state index in [2.05, 4.69) is 12.1 Å². The predicted octanol–water partition coefficient (Wildman–Crippen LogP) is 5.02. The highest BCUT2D eigenvalue weighted by molar-refractivity contribution is 5.98. The third kappa shape index (κ3) is 4.18. The lowest BCUT2D eigenvalue weighted by Crippen LogP contribution is -2.04. The number of benzene rings is 3. The van der Waals surface area contributed by atoms with Crippen molar-refractivity contribution in [3.63, 3.8) is 0 Å². The normalized spacial score (nSPS) is 10.7. The molecular weight excluding hydrogens is 340 g/mol. The summed E-state index contributed by atoms with van der Waals surface area (Å²) in [6.07, 6.45) is 3.63. The molecule has 0 spiro atoms. The third-order valence-corrected chi connectivity index (χ3v) is 4.22. The van der Waals surface area contributed by atoms with Crippen molar-refractivity contribution in [3.8, 4) is 22.6 Å². The zero-order valence-electron chi connectivity index (χ0n) is 15.2. The monoisotopic (exact) mass is 360 g/mol. The van der Waals surface area contributed by atoms with E-state index in [9.17, 15) is 9.90 Å². The number of aromatic hydroxyl groups is 1. The minimum atomic E-state index is -0.603. The molecule has 136 valence electrons. The van der Waals surface area contributed by atoms with E-state index in [0.717, 1.165) is 16.7 Å². The van der Waals surface area contributed by atoms with Gasteiger partial charge in [-0.2, -0.15) is 0 Å². The van der Waals surface area contributed by atoms with Crippen LogP contribution in [0.3, 0.4) is 0 Å². The highest BCUT2D eigenvalue weighted by atomic mass is 16.5. The van der Waals surface area contributed by atoms with Crippen LogP contribution in [0.25, 0.3) is 23.3 Å². The van der Waals surface area contributed by atoms with E-state index in [0.29, 0.717) is 11.3 Å². The number of methoxy groups -OCH3 is 2. The van der Waals surface area contributed by atoms with Crippen molar-refractivity contribution in [2.45, 2.75) is 0 Å². The average molecular weight is 360 g/mol. The van der Waals surface area contributed by atoms with E-state index in [1.807, 2.05) is 48.5 Å². The second kappa shape index (κ2) is 8.23. The van der Waals surface area contributed by atoms with Crippen LogP contribution in [-0.4, -0.2) is 25.3 Å². The molecule has 0 fully saturated rings. The van der Waals surface area contributed by atoms with Crippen LogP contribution in [0.2, 0.25) is 0 Å². The fraction of sp³-hybridized carbons (Fsp3) is 0.0870. The Labute approximate surface area is 158 Å². The Hall–Kier alpha value is -3.53. The van der Waals surface area contributed by atoms with Gasteiger partial charge in [-0.1, -0.05) is 66.7 Å². The van der Waals surface area contributed by atoms with Crippen LogP contribution in [0.5, 0.6) is 11.5 Å². The van der Waals surface area contributed by atoms with E-state index in [-0.39, 0.29) is 11.3 Å². The van der Waals surface area contributed by atoms with Crippen LogP contribution in [0.15, 0.2) is 66.7 Å². The Bertz CT molecular complexity index is 958. The molecule has 0 saturated heterocycles. The minimum absolute atomic E-state index is 0.107. The fourth-order valence-corrected chi connectivity index (χ4v) is 2.80. The van der Waals surface area contributed by atoms with Gasteiger partial charge >= 0.3 is 5.97 Å². The lowest BCUT2D eigenvalue weighted by Gasteiger charge is -2.09. The molecule has 4 nitrogen and oxygen atoms in total. The Kier molecular flexibility index (Phi) is 5.57. The maximum absolute atomic E-state index is 12.0. The van der Waals surface area contributed by atoms with Crippen molar-refractivity contribution >= 4 is 18.1 Å². The molecule has 3 rings (SSSR count). The summed E-state index contributed by atoms with van der Waals surface area (Å²) in [5.41, 5.74) is 3.87. The highest BCUT2D eigenvalue weighted by Gasteiger charge is 2.17. The molecular formula is C23H20O4. The van der Waals surface area contributed by atoms with E-state index < -0.39 is 5.97 Å². The maximum atomic E-state index is 12.0. The number of esters is 1. The number of phenolic OH excluding ortho intramolecular Hbond substituents is 1. The molecule has 27 heavy (non-hydrogen) atoms. The molecule has 0 heterocycles. The molecule has 0 aromatic heterocycles. The van der Waals surface area contributed by atoms with Crippen LogP contribution in [0.1, 0.15) is 21.5 Å². The smallest absolute Gasteiger partial charge is 0.342 e. The number of rotatable bonds is 5. The standard InChI is InChI=1S/C23H20O4/c1-26-20-14-19(22(21(24)15-20)23(25)27-2)13-10-16-8-11-18(12-9-16)17-6-4-3-5-7-17/h3-15,24H,1-2H3/b13-10+. The highest BCUT2D eigenvalue weighted by Crippen LogP contribution is 2.30. The fourth-order valence-electron chi connectivity index (χ4n) is 2.80. The van der Waals surface area contributed by atoms with Crippen molar-refractivity contribution in [1.82, 2.24) is 0 Å². The molecule has 0 saturated carbocycles. The average Bonchev–Trinajstić information content (AvgIpc) is 2.72. The van der Waals surface area contributed by atoms with Crippen LogP contribution < -0.4 is 4.74 Å². The predicted molar refractivity (Wildman–Crippen MR) is 107 cm³/mol.